The van der Waals surface area contributed by atoms with Crippen molar-refractivity contribution >= 4 is 41.7 Å². The number of thioether (sulfide) groups is 1. The van der Waals surface area contributed by atoms with Gasteiger partial charge in [0.1, 0.15) is 5.76 Å². The molecule has 0 aromatic carbocycles. The zero-order valence-corrected chi connectivity index (χ0v) is 17.3. The number of aliphatic hydroxyl groups is 1. The van der Waals surface area contributed by atoms with Crippen LogP contribution in [0.2, 0.25) is 0 Å². The fourth-order valence-electron chi connectivity index (χ4n) is 2.10. The minimum absolute atomic E-state index is 0. The summed E-state index contributed by atoms with van der Waals surface area (Å²) in [5.41, 5.74) is -0.681. The summed E-state index contributed by atoms with van der Waals surface area (Å²) < 4.78 is 5.73. The van der Waals surface area contributed by atoms with E-state index in [1.54, 1.807) is 25.0 Å². The van der Waals surface area contributed by atoms with Crippen molar-refractivity contribution in [3.8, 4) is 0 Å². The Morgan fingerprint density at radius 2 is 2.22 bits per heavy atom. The topological polar surface area (TPSA) is 82.7 Å². The Morgan fingerprint density at radius 1 is 1.48 bits per heavy atom. The number of hydrogen-bond acceptors (Lipinski definition) is 5. The average Bonchev–Trinajstić information content (AvgIpc) is 3.08. The summed E-state index contributed by atoms with van der Waals surface area (Å²) in [6, 6.07) is 0. The van der Waals surface area contributed by atoms with Crippen molar-refractivity contribution in [3.05, 3.63) is 17.8 Å². The average molecular weight is 454 g/mol. The Balaban J connectivity index is 0.00000264. The van der Waals surface area contributed by atoms with Crippen LogP contribution in [0.1, 0.15) is 38.8 Å². The molecule has 1 atom stereocenters. The zero-order chi connectivity index (χ0) is 16.2. The van der Waals surface area contributed by atoms with Crippen molar-refractivity contribution in [3.63, 3.8) is 0 Å². The van der Waals surface area contributed by atoms with E-state index in [4.69, 9.17) is 4.42 Å². The molecule has 1 aliphatic rings. The first-order valence-electron chi connectivity index (χ1n) is 7.52. The second-order valence-corrected chi connectivity index (χ2v) is 7.78. The molecule has 8 heteroatoms. The van der Waals surface area contributed by atoms with Crippen LogP contribution in [0, 0.1) is 0 Å². The summed E-state index contributed by atoms with van der Waals surface area (Å²) in [6.07, 6.45) is 2.59. The first-order valence-corrected chi connectivity index (χ1v) is 8.68. The zero-order valence-electron chi connectivity index (χ0n) is 14.2. The van der Waals surface area contributed by atoms with Crippen molar-refractivity contribution < 1.29 is 9.52 Å². The van der Waals surface area contributed by atoms with Crippen molar-refractivity contribution in [2.75, 3.05) is 25.1 Å². The molecule has 1 aliphatic heterocycles. The Bertz CT molecular complexity index is 522. The molecule has 3 N–H and O–H groups in total. The third kappa shape index (κ3) is 6.15. The molecule has 1 aromatic heterocycles. The number of oxazole rings is 1. The van der Waals surface area contributed by atoms with Crippen LogP contribution >= 0.6 is 35.7 Å². The molecule has 6 nitrogen and oxygen atoms in total. The number of halogens is 1. The lowest BCUT2D eigenvalue weighted by atomic mass is 9.94. The number of hydrogen-bond donors (Lipinski definition) is 3. The normalized spacial score (nSPS) is 21.9. The van der Waals surface area contributed by atoms with E-state index in [1.165, 1.54) is 0 Å². The summed E-state index contributed by atoms with van der Waals surface area (Å²) >= 11 is 1.78. The maximum atomic E-state index is 10.3. The van der Waals surface area contributed by atoms with Crippen LogP contribution in [-0.4, -0.2) is 46.7 Å². The van der Waals surface area contributed by atoms with Gasteiger partial charge < -0.3 is 20.2 Å². The Kier molecular flexibility index (Phi) is 7.66. The fraction of sp³-hybridized carbons (Fsp3) is 0.733. The van der Waals surface area contributed by atoms with E-state index in [-0.39, 0.29) is 29.4 Å². The van der Waals surface area contributed by atoms with Crippen molar-refractivity contribution in [2.24, 2.45) is 4.99 Å². The minimum Gasteiger partial charge on any atom is -0.443 e. The number of nitrogens with one attached hydrogen (secondary N) is 2. The first kappa shape index (κ1) is 20.6. The number of guanidine groups is 1. The molecule has 0 saturated carbocycles. The molecular weight excluding hydrogens is 427 g/mol. The summed E-state index contributed by atoms with van der Waals surface area (Å²) in [4.78, 5) is 8.43. The number of aromatic nitrogens is 1. The molecule has 0 amide bonds. The summed E-state index contributed by atoms with van der Waals surface area (Å²) in [6.45, 7) is 7.23. The molecule has 1 saturated heterocycles. The molecule has 23 heavy (non-hydrogen) atoms. The smallest absolute Gasteiger partial charge is 0.213 e. The van der Waals surface area contributed by atoms with Gasteiger partial charge in [-0.1, -0.05) is 20.8 Å². The van der Waals surface area contributed by atoms with Gasteiger partial charge in [0.15, 0.2) is 5.96 Å². The highest BCUT2D eigenvalue weighted by Gasteiger charge is 2.31. The second-order valence-electron chi connectivity index (χ2n) is 6.67. The monoisotopic (exact) mass is 454 g/mol. The molecule has 2 heterocycles. The standard InChI is InChI=1S/C15H26N4O2S.HI/c1-14(2,3)11-7-17-12(21-11)8-18-13(16-4)19-9-15(20)5-6-22-10-15;/h7,20H,5-6,8-10H2,1-4H3,(H2,16,18,19);1H. The molecule has 132 valence electrons. The molecule has 0 bridgehead atoms. The van der Waals surface area contributed by atoms with Gasteiger partial charge in [-0.05, 0) is 12.2 Å². The minimum atomic E-state index is -0.634. The van der Waals surface area contributed by atoms with Crippen LogP contribution in [0.4, 0.5) is 0 Å². The summed E-state index contributed by atoms with van der Waals surface area (Å²) in [5, 5.41) is 16.6. The van der Waals surface area contributed by atoms with E-state index in [2.05, 4.69) is 41.4 Å². The van der Waals surface area contributed by atoms with E-state index in [9.17, 15) is 5.11 Å². The predicted octanol–water partition coefficient (Wildman–Crippen LogP) is 2.12. The van der Waals surface area contributed by atoms with E-state index < -0.39 is 5.60 Å². The second kappa shape index (κ2) is 8.57. The molecule has 1 fully saturated rings. The maximum Gasteiger partial charge on any atom is 0.213 e. The van der Waals surface area contributed by atoms with Crippen molar-refractivity contribution in [1.29, 1.82) is 0 Å². The molecule has 0 spiro atoms. The molecule has 0 aliphatic carbocycles. The van der Waals surface area contributed by atoms with Gasteiger partial charge in [0, 0.05) is 24.8 Å². The Labute approximate surface area is 159 Å². The van der Waals surface area contributed by atoms with Crippen LogP contribution < -0.4 is 10.6 Å². The third-order valence-electron chi connectivity index (χ3n) is 3.59. The highest BCUT2D eigenvalue weighted by Crippen LogP contribution is 2.27. The number of aliphatic imine (C=N–C) groups is 1. The first-order chi connectivity index (χ1) is 10.3. The largest absolute Gasteiger partial charge is 0.443 e. The fourth-order valence-corrected chi connectivity index (χ4v) is 3.40. The van der Waals surface area contributed by atoms with Crippen molar-refractivity contribution in [1.82, 2.24) is 15.6 Å². The van der Waals surface area contributed by atoms with Gasteiger partial charge in [-0.25, -0.2) is 4.98 Å². The Morgan fingerprint density at radius 3 is 2.74 bits per heavy atom. The van der Waals surface area contributed by atoms with Gasteiger partial charge in [0.05, 0.1) is 18.3 Å². The highest BCUT2D eigenvalue weighted by molar-refractivity contribution is 14.0. The van der Waals surface area contributed by atoms with E-state index in [0.717, 1.165) is 23.7 Å². The lowest BCUT2D eigenvalue weighted by Gasteiger charge is -2.22. The SMILES string of the molecule is CN=C(NCc1ncc(C(C)(C)C)o1)NCC1(O)CCSC1.I. The van der Waals surface area contributed by atoms with Crippen LogP contribution in [0.15, 0.2) is 15.6 Å². The van der Waals surface area contributed by atoms with E-state index >= 15 is 0 Å². The van der Waals surface area contributed by atoms with Gasteiger partial charge in [-0.3, -0.25) is 4.99 Å². The quantitative estimate of drug-likeness (QED) is 0.368. The van der Waals surface area contributed by atoms with Crippen molar-refractivity contribution in [2.45, 2.75) is 44.8 Å². The number of rotatable bonds is 4. The molecule has 1 aromatic rings. The van der Waals surface area contributed by atoms with Crippen LogP contribution in [0.25, 0.3) is 0 Å². The molecule has 0 radical (unpaired) electrons. The number of nitrogens with zero attached hydrogens (tertiary/aromatic N) is 2. The Hall–Kier alpha value is -0.480. The van der Waals surface area contributed by atoms with E-state index in [0.29, 0.717) is 24.9 Å². The molecule has 1 unspecified atom stereocenters. The van der Waals surface area contributed by atoms with Crippen LogP contribution in [0.5, 0.6) is 0 Å². The molecule has 2 rings (SSSR count). The van der Waals surface area contributed by atoms with Gasteiger partial charge in [-0.15, -0.1) is 24.0 Å². The van der Waals surface area contributed by atoms with Crippen LogP contribution in [-0.2, 0) is 12.0 Å². The summed E-state index contributed by atoms with van der Waals surface area (Å²) in [5.74, 6) is 3.91. The van der Waals surface area contributed by atoms with Gasteiger partial charge >= 0.3 is 0 Å². The summed E-state index contributed by atoms with van der Waals surface area (Å²) in [7, 11) is 1.71. The maximum absolute atomic E-state index is 10.3. The lowest BCUT2D eigenvalue weighted by molar-refractivity contribution is 0.0724. The van der Waals surface area contributed by atoms with Gasteiger partial charge in [0.25, 0.3) is 0 Å². The predicted molar refractivity (Wildman–Crippen MR) is 106 cm³/mol. The lowest BCUT2D eigenvalue weighted by Crippen LogP contribution is -2.47. The highest BCUT2D eigenvalue weighted by atomic mass is 127. The third-order valence-corrected chi connectivity index (χ3v) is 4.83. The van der Waals surface area contributed by atoms with Gasteiger partial charge in [-0.2, -0.15) is 11.8 Å². The van der Waals surface area contributed by atoms with Gasteiger partial charge in [0.2, 0.25) is 5.89 Å². The van der Waals surface area contributed by atoms with Crippen LogP contribution in [0.3, 0.4) is 0 Å². The van der Waals surface area contributed by atoms with E-state index in [1.807, 2.05) is 0 Å². The molecular formula is C15H27IN4O2S.